The first-order valence-electron chi connectivity index (χ1n) is 15.3. The van der Waals surface area contributed by atoms with Crippen LogP contribution in [0.5, 0.6) is 0 Å². The van der Waals surface area contributed by atoms with Crippen molar-refractivity contribution >= 4 is 17.9 Å². The Kier molecular flexibility index (Phi) is 9.95. The van der Waals surface area contributed by atoms with E-state index < -0.39 is 23.3 Å². The molecule has 8 nitrogen and oxygen atoms in total. The SMILES string of the molecule is COC(=O)CCC(Cc1ccccc1)(C(=O)OC1CC(C)(C)N(C)C(C)(C)C1)C(=O)OC1CC(C)(C)N(C)C(C)(C)C1. The highest BCUT2D eigenvalue weighted by Crippen LogP contribution is 2.42. The van der Waals surface area contributed by atoms with Gasteiger partial charge in [-0.3, -0.25) is 24.2 Å². The van der Waals surface area contributed by atoms with E-state index in [4.69, 9.17) is 14.2 Å². The van der Waals surface area contributed by atoms with Crippen molar-refractivity contribution in [2.75, 3.05) is 21.2 Å². The monoisotopic (exact) mass is 586 g/mol. The summed E-state index contributed by atoms with van der Waals surface area (Å²) in [5, 5.41) is 0. The number of hydrogen-bond donors (Lipinski definition) is 0. The van der Waals surface area contributed by atoms with Crippen molar-refractivity contribution in [1.29, 1.82) is 0 Å². The maximum atomic E-state index is 14.4. The van der Waals surface area contributed by atoms with Crippen LogP contribution in [0, 0.1) is 5.41 Å². The number of methoxy groups -OCH3 is 1. The Bertz CT molecular complexity index is 1030. The van der Waals surface area contributed by atoms with Gasteiger partial charge in [-0.1, -0.05) is 30.3 Å². The molecule has 3 rings (SSSR count). The quantitative estimate of drug-likeness (QED) is 0.211. The number of carbonyl (C=O) groups is 3. The number of nitrogens with zero attached hydrogens (tertiary/aromatic N) is 2. The van der Waals surface area contributed by atoms with E-state index in [1.54, 1.807) is 0 Å². The lowest BCUT2D eigenvalue weighted by Crippen LogP contribution is -2.61. The average Bonchev–Trinajstić information content (AvgIpc) is 2.87. The molecule has 0 amide bonds. The Morgan fingerprint density at radius 2 is 1.12 bits per heavy atom. The minimum atomic E-state index is -1.70. The van der Waals surface area contributed by atoms with Crippen molar-refractivity contribution in [2.24, 2.45) is 5.41 Å². The van der Waals surface area contributed by atoms with Crippen LogP contribution in [0.2, 0.25) is 0 Å². The van der Waals surface area contributed by atoms with Gasteiger partial charge < -0.3 is 14.2 Å². The number of ether oxygens (including phenoxy) is 3. The number of piperidine rings is 2. The standard InChI is InChI=1S/C34H54N2O6/c1-30(2)20-25(21-31(3,4)35(30)9)41-28(38)34(18-17-27(37)40-11,19-24-15-13-12-14-16-24)29(39)42-26-22-32(5,6)36(10)33(7,8)23-26/h12-16,25-26H,17-23H2,1-11H3. The molecule has 0 bridgehead atoms. The fourth-order valence-corrected chi connectivity index (χ4v) is 7.14. The molecule has 42 heavy (non-hydrogen) atoms. The van der Waals surface area contributed by atoms with E-state index >= 15 is 0 Å². The van der Waals surface area contributed by atoms with Crippen molar-refractivity contribution in [3.8, 4) is 0 Å². The molecular weight excluding hydrogens is 532 g/mol. The molecule has 8 heteroatoms. The van der Waals surface area contributed by atoms with Gasteiger partial charge in [0.1, 0.15) is 12.2 Å². The van der Waals surface area contributed by atoms with Crippen molar-refractivity contribution in [1.82, 2.24) is 9.80 Å². The largest absolute Gasteiger partial charge is 0.469 e. The lowest BCUT2D eigenvalue weighted by Gasteiger charge is -2.53. The summed E-state index contributed by atoms with van der Waals surface area (Å²) in [6, 6.07) is 9.41. The van der Waals surface area contributed by atoms with Crippen molar-refractivity contribution < 1.29 is 28.6 Å². The molecule has 236 valence electrons. The van der Waals surface area contributed by atoms with Crippen LogP contribution in [0.1, 0.15) is 99.5 Å². The van der Waals surface area contributed by atoms with Crippen LogP contribution in [0.15, 0.2) is 30.3 Å². The second kappa shape index (κ2) is 12.3. The molecule has 0 atom stereocenters. The van der Waals surface area contributed by atoms with Gasteiger partial charge >= 0.3 is 17.9 Å². The van der Waals surface area contributed by atoms with E-state index in [9.17, 15) is 14.4 Å². The highest BCUT2D eigenvalue weighted by Gasteiger charge is 2.54. The first kappa shape index (κ1) is 34.0. The van der Waals surface area contributed by atoms with Gasteiger partial charge in [0.25, 0.3) is 0 Å². The summed E-state index contributed by atoms with van der Waals surface area (Å²) >= 11 is 0. The molecule has 2 aliphatic heterocycles. The zero-order valence-corrected chi connectivity index (χ0v) is 27.8. The van der Waals surface area contributed by atoms with Crippen LogP contribution in [-0.4, -0.2) is 83.3 Å². The first-order valence-corrected chi connectivity index (χ1v) is 15.3. The molecule has 0 spiro atoms. The molecule has 0 unspecified atom stereocenters. The van der Waals surface area contributed by atoms with Crippen LogP contribution in [0.4, 0.5) is 0 Å². The molecule has 0 saturated carbocycles. The second-order valence-corrected chi connectivity index (χ2v) is 15.1. The van der Waals surface area contributed by atoms with Crippen LogP contribution in [0.3, 0.4) is 0 Å². The number of esters is 3. The van der Waals surface area contributed by atoms with Crippen molar-refractivity contribution in [2.45, 2.75) is 135 Å². The molecule has 2 aliphatic rings. The number of rotatable bonds is 9. The third-order valence-electron chi connectivity index (χ3n) is 10.2. The fraction of sp³-hybridized carbons (Fsp3) is 0.735. The van der Waals surface area contributed by atoms with E-state index in [0.29, 0.717) is 25.7 Å². The van der Waals surface area contributed by atoms with Crippen LogP contribution >= 0.6 is 0 Å². The van der Waals surface area contributed by atoms with Gasteiger partial charge in [0, 0.05) is 54.3 Å². The van der Waals surface area contributed by atoms with Crippen LogP contribution < -0.4 is 0 Å². The molecule has 2 saturated heterocycles. The van der Waals surface area contributed by atoms with Crippen LogP contribution in [-0.2, 0) is 35.0 Å². The zero-order chi connectivity index (χ0) is 31.7. The highest BCUT2D eigenvalue weighted by molar-refractivity contribution is 6.01. The average molecular weight is 587 g/mol. The molecule has 2 heterocycles. The van der Waals surface area contributed by atoms with E-state index in [1.807, 2.05) is 30.3 Å². The highest BCUT2D eigenvalue weighted by atomic mass is 16.6. The number of hydrogen-bond acceptors (Lipinski definition) is 8. The first-order chi connectivity index (χ1) is 19.3. The van der Waals surface area contributed by atoms with Gasteiger partial charge in [0.15, 0.2) is 5.41 Å². The number of benzene rings is 1. The van der Waals surface area contributed by atoms with Crippen LogP contribution in [0.25, 0.3) is 0 Å². The Morgan fingerprint density at radius 3 is 1.48 bits per heavy atom. The Morgan fingerprint density at radius 1 is 0.738 bits per heavy atom. The molecule has 0 aromatic heterocycles. The Labute approximate surface area is 253 Å². The number of carbonyl (C=O) groups excluding carboxylic acids is 3. The summed E-state index contributed by atoms with van der Waals surface area (Å²) < 4.78 is 17.5. The topological polar surface area (TPSA) is 85.4 Å². The summed E-state index contributed by atoms with van der Waals surface area (Å²) in [6.07, 6.45) is 1.64. The van der Waals surface area contributed by atoms with Crippen molar-refractivity contribution in [3.63, 3.8) is 0 Å². The third-order valence-corrected chi connectivity index (χ3v) is 10.2. The smallest absolute Gasteiger partial charge is 0.324 e. The summed E-state index contributed by atoms with van der Waals surface area (Å²) in [7, 11) is 5.50. The molecule has 2 fully saturated rings. The van der Waals surface area contributed by atoms with E-state index in [1.165, 1.54) is 7.11 Å². The van der Waals surface area contributed by atoms with Gasteiger partial charge in [-0.2, -0.15) is 0 Å². The predicted molar refractivity (Wildman–Crippen MR) is 164 cm³/mol. The lowest BCUT2D eigenvalue weighted by atomic mass is 9.75. The molecule has 0 N–H and O–H groups in total. The van der Waals surface area contributed by atoms with Gasteiger partial charge in [-0.25, -0.2) is 0 Å². The second-order valence-electron chi connectivity index (χ2n) is 15.1. The van der Waals surface area contributed by atoms with Gasteiger partial charge in [-0.05, 0) is 87.9 Å². The minimum Gasteiger partial charge on any atom is -0.469 e. The molecule has 0 radical (unpaired) electrons. The zero-order valence-electron chi connectivity index (χ0n) is 27.8. The molecule has 1 aromatic rings. The Balaban J connectivity index is 2.02. The maximum Gasteiger partial charge on any atom is 0.324 e. The Hall–Kier alpha value is -2.45. The minimum absolute atomic E-state index is 0.0644. The lowest BCUT2D eigenvalue weighted by molar-refractivity contribution is -0.188. The van der Waals surface area contributed by atoms with Crippen molar-refractivity contribution in [3.05, 3.63) is 35.9 Å². The predicted octanol–water partition coefficient (Wildman–Crippen LogP) is 5.56. The van der Waals surface area contributed by atoms with Gasteiger partial charge in [-0.15, -0.1) is 0 Å². The molecule has 1 aromatic carbocycles. The maximum absolute atomic E-state index is 14.4. The normalized spacial score (nSPS) is 22.7. The van der Waals surface area contributed by atoms with E-state index in [2.05, 4.69) is 79.3 Å². The van der Waals surface area contributed by atoms with E-state index in [-0.39, 0.29) is 53.6 Å². The molecular formula is C34H54N2O6. The van der Waals surface area contributed by atoms with Gasteiger partial charge in [0.2, 0.25) is 0 Å². The molecule has 0 aliphatic carbocycles. The summed E-state index contributed by atoms with van der Waals surface area (Å²) in [4.78, 5) is 45.9. The fourth-order valence-electron chi connectivity index (χ4n) is 7.14. The summed E-state index contributed by atoms with van der Waals surface area (Å²) in [5.74, 6) is -1.75. The van der Waals surface area contributed by atoms with Gasteiger partial charge in [0.05, 0.1) is 7.11 Å². The summed E-state index contributed by atoms with van der Waals surface area (Å²) in [6.45, 7) is 17.1. The summed E-state index contributed by atoms with van der Waals surface area (Å²) in [5.41, 5.74) is -1.77. The number of likely N-dealkylation sites (tertiary alicyclic amines) is 2. The van der Waals surface area contributed by atoms with E-state index in [0.717, 1.165) is 5.56 Å². The third kappa shape index (κ3) is 7.36.